The summed E-state index contributed by atoms with van der Waals surface area (Å²) in [6, 6.07) is 46.7. The number of rotatable bonds is 20. The van der Waals surface area contributed by atoms with Gasteiger partial charge in [-0.3, -0.25) is 14.4 Å². The van der Waals surface area contributed by atoms with Gasteiger partial charge in [0.15, 0.2) is 5.75 Å². The quantitative estimate of drug-likeness (QED) is 0.0205. The summed E-state index contributed by atoms with van der Waals surface area (Å²) in [5.41, 5.74) is 5.00. The van der Waals surface area contributed by atoms with Gasteiger partial charge in [-0.1, -0.05) is 229 Å². The first-order valence-electron chi connectivity index (χ1n) is 34.7. The van der Waals surface area contributed by atoms with Crippen LogP contribution in [0.3, 0.4) is 0 Å². The number of carbonyl (C=O) groups excluding carboxylic acids is 5. The van der Waals surface area contributed by atoms with E-state index < -0.39 is 0 Å². The van der Waals surface area contributed by atoms with Crippen LogP contribution in [0.25, 0.3) is 22.5 Å². The Bertz CT molecular complexity index is 4010. The maximum atomic E-state index is 12.9. The molecule has 35 heteroatoms. The molecule has 3 saturated heterocycles. The third-order valence-electron chi connectivity index (χ3n) is 15.5. The Morgan fingerprint density at radius 1 is 0.505 bits per heavy atom. The van der Waals surface area contributed by atoms with E-state index in [0.29, 0.717) is 94.2 Å². The van der Waals surface area contributed by atoms with Gasteiger partial charge in [-0.25, -0.2) is 39.5 Å². The maximum absolute atomic E-state index is 12.9. The van der Waals surface area contributed by atoms with Crippen LogP contribution in [0, 0.1) is 17.8 Å². The fraction of sp³-hybridized carbons (Fsp3) is 0.382. The number of piperidine rings is 3. The predicted molar refractivity (Wildman–Crippen MR) is 505 cm³/mol. The van der Waals surface area contributed by atoms with Crippen molar-refractivity contribution in [3.63, 3.8) is 0 Å². The Labute approximate surface area is 763 Å². The van der Waals surface area contributed by atoms with E-state index in [1.54, 1.807) is 34.1 Å². The van der Waals surface area contributed by atoms with Gasteiger partial charge in [-0.2, -0.15) is 0 Å². The summed E-state index contributed by atoms with van der Waals surface area (Å²) < 4.78 is 34.7. The van der Waals surface area contributed by atoms with Crippen molar-refractivity contribution >= 4 is 240 Å². The number of nitrogens with zero attached hydrogens (tertiary/aromatic N) is 8. The topological polar surface area (TPSA) is 293 Å². The average Bonchev–Trinajstić information content (AvgIpc) is 0.830. The summed E-state index contributed by atoms with van der Waals surface area (Å²) in [6.45, 7) is 15.9. The first-order chi connectivity index (χ1) is 52.9. The van der Waals surface area contributed by atoms with Gasteiger partial charge in [0.25, 0.3) is 0 Å². The Balaban J connectivity index is 0.000000308. The van der Waals surface area contributed by atoms with Crippen molar-refractivity contribution in [2.75, 3.05) is 57.7 Å². The number of alkyl halides is 5. The molecule has 11 rings (SSSR count). The fourth-order valence-electron chi connectivity index (χ4n) is 10.6. The zero-order valence-corrected chi connectivity index (χ0v) is 80.7. The second kappa shape index (κ2) is 57.3. The molecule has 3 aliphatic heterocycles. The van der Waals surface area contributed by atoms with Gasteiger partial charge in [0, 0.05) is 73.3 Å². The standard InChI is InChI=1S/C27H30N4O4.C19H24N4O2.C18H19ClN4O3.C9H12BO3.CHI3.CH2I2.CH4.3HI.V/c1-19(2)35-24-11-7-6-10-22(24)23-16-25(29-18-28-23)30-26(32)21-12-14-31(15-13-21)27(33)34-17-20-8-4-3-5-9-20;1-13(2)25-17-6-4-3-5-15(17)16-11-18(22-12-21-16)23-19(24)14-7-9-20-10-8-14;19-15-10-16(21-12-20-15)22-17(24)14-6-8-23(9-7-14)18(25)26-11-13-4-2-1-3-5-13;1-7(2)12-8-5-3-4-6-9(8)13-10-11;2-1(3)4;2-1-3;;;;;/h3-11,16,18-19,21H,12-15,17H2,1-2H3,(H,28,29,30,32);3-6,11-14,20H,7-10H2,1-2H3,(H,21,22,23,24);1-5,10,12,14H,6-9,11H2,(H,20,21,22,24);3-7,11H,1-2H3;1H;1H2;1H4;3*1H;/q;;;;;;;;;;+3/p-3. The molecule has 5 N–H and O–H groups in total. The molecule has 24 nitrogen and oxygen atoms in total. The van der Waals surface area contributed by atoms with E-state index >= 15 is 0 Å². The summed E-state index contributed by atoms with van der Waals surface area (Å²) in [7, 11) is 0.641. The SMILES string of the molecule is C.CC(C)Oc1ccccc1-c1cc(NC(=O)C2CCN(C(=O)OCc3ccccc3)CC2)ncn1.CC(C)Oc1ccccc1-c1cc(NC(=O)C2CCNCC2)ncn1.CC(C)Oc1ccccc1O[B]O.IC(I)I.ICI.O=C(Nc1cc(Cl)ncn1)C1CCN(C(=O)OCc2ccccc2)CC1.[I][V]([I])[I]. The Morgan fingerprint density at radius 3 is 1.18 bits per heavy atom. The van der Waals surface area contributed by atoms with Crippen molar-refractivity contribution in [3.05, 3.63) is 187 Å². The van der Waals surface area contributed by atoms with Crippen LogP contribution in [0.15, 0.2) is 171 Å². The zero-order chi connectivity index (χ0) is 80.2. The van der Waals surface area contributed by atoms with Gasteiger partial charge in [0.05, 0.1) is 32.1 Å². The number of nitrogens with one attached hydrogen (secondary N) is 4. The van der Waals surface area contributed by atoms with Crippen molar-refractivity contribution in [1.82, 2.24) is 45.0 Å². The second-order valence-corrected chi connectivity index (χ2v) is 75.7. The van der Waals surface area contributed by atoms with Crippen LogP contribution in [-0.2, 0) is 42.0 Å². The number of likely N-dealkylation sites (tertiary alicyclic amines) is 2. The molecule has 0 spiro atoms. The van der Waals surface area contributed by atoms with Crippen molar-refractivity contribution in [2.45, 2.75) is 119 Å². The van der Waals surface area contributed by atoms with Gasteiger partial charge < -0.3 is 64.4 Å². The van der Waals surface area contributed by atoms with Crippen molar-refractivity contribution in [1.29, 1.82) is 0 Å². The molecule has 8 aromatic rings. The molecule has 0 atom stereocenters. The monoisotopic (exact) mass is 2480 g/mol. The molecule has 1 radical (unpaired) electrons. The van der Waals surface area contributed by atoms with Crippen LogP contribution in [0.1, 0.15) is 98.6 Å². The van der Waals surface area contributed by atoms with Crippen molar-refractivity contribution < 1.29 is 62.3 Å². The molecule has 3 fully saturated rings. The average molecular weight is 2480 g/mol. The van der Waals surface area contributed by atoms with Crippen LogP contribution in [0.4, 0.5) is 27.0 Å². The van der Waals surface area contributed by atoms with Crippen molar-refractivity contribution in [3.8, 4) is 45.5 Å². The van der Waals surface area contributed by atoms with E-state index in [0.717, 1.165) is 65.3 Å². The molecule has 0 saturated carbocycles. The van der Waals surface area contributed by atoms with E-state index in [2.05, 4.69) is 224 Å². The van der Waals surface area contributed by atoms with Gasteiger partial charge in [-0.05, 0) is 141 Å². The number of benzene rings is 5. The zero-order valence-electron chi connectivity index (χ0n) is 61.3. The van der Waals surface area contributed by atoms with E-state index in [1.165, 1.54) is 27.5 Å². The minimum atomic E-state index is -0.352. The van der Waals surface area contributed by atoms with Crippen LogP contribution in [0.2, 0.25) is 5.15 Å². The Kier molecular flexibility index (Phi) is 51.4. The number of anilines is 3. The van der Waals surface area contributed by atoms with E-state index in [4.69, 9.17) is 45.0 Å². The van der Waals surface area contributed by atoms with Crippen LogP contribution in [-0.4, -0.2) is 142 Å². The second-order valence-electron chi connectivity index (χ2n) is 24.6. The number of hydrogen-bond acceptors (Lipinski definition) is 19. The molecular weight excluding hydrogens is 2390 g/mol. The Hall–Kier alpha value is -3.81. The number of ether oxygens (including phenoxy) is 5. The van der Waals surface area contributed by atoms with Crippen molar-refractivity contribution in [2.24, 2.45) is 17.8 Å². The molecular formula is C76H92BClI8N12O12V. The molecule has 5 amide bonds. The van der Waals surface area contributed by atoms with Gasteiger partial charge in [0.1, 0.15) is 72.0 Å². The predicted octanol–water partition coefficient (Wildman–Crippen LogP) is 20.0. The van der Waals surface area contributed by atoms with E-state index in [-0.39, 0.29) is 96.7 Å². The van der Waals surface area contributed by atoms with E-state index in [1.807, 2.05) is 163 Å². The molecule has 6 heterocycles. The van der Waals surface area contributed by atoms with Crippen LogP contribution < -0.4 is 40.1 Å². The summed E-state index contributed by atoms with van der Waals surface area (Å²) in [5, 5.41) is 20.6. The number of carbonyl (C=O) groups is 5. The normalized spacial score (nSPS) is 13.2. The summed E-state index contributed by atoms with van der Waals surface area (Å²) in [4.78, 5) is 90.0. The van der Waals surface area contributed by atoms with E-state index in [9.17, 15) is 24.0 Å². The summed E-state index contributed by atoms with van der Waals surface area (Å²) in [6.07, 6.45) is 7.67. The van der Waals surface area contributed by atoms with Crippen LogP contribution >= 0.6 is 184 Å². The minimum absolute atomic E-state index is 0. The first-order valence-corrected chi connectivity index (χ1v) is 55.4. The molecule has 599 valence electrons. The Morgan fingerprint density at radius 2 is 0.820 bits per heavy atom. The third-order valence-corrected chi connectivity index (χ3v) is 15.7. The third kappa shape index (κ3) is 40.8. The van der Waals surface area contributed by atoms with Gasteiger partial charge in [-0.15, -0.1) is 0 Å². The molecule has 5 aromatic carbocycles. The number of amides is 5. The van der Waals surface area contributed by atoms with Gasteiger partial charge in [0.2, 0.25) is 17.7 Å². The molecule has 3 aliphatic rings. The number of halogens is 9. The van der Waals surface area contributed by atoms with Crippen LogP contribution in [0.5, 0.6) is 23.0 Å². The first kappa shape index (κ1) is 99.5. The fourth-order valence-corrected chi connectivity index (χ4v) is 10.8. The molecule has 111 heavy (non-hydrogen) atoms. The molecule has 3 aromatic heterocycles. The number of para-hydroxylation sites is 4. The summed E-state index contributed by atoms with van der Waals surface area (Å²) >= 11 is 24.7. The number of aromatic nitrogens is 6. The number of hydrogen-bond donors (Lipinski definition) is 5. The summed E-state index contributed by atoms with van der Waals surface area (Å²) in [5.74, 6) is 3.41. The molecule has 0 aliphatic carbocycles. The molecule has 0 unspecified atom stereocenters. The van der Waals surface area contributed by atoms with Gasteiger partial charge >= 0.3 is 84.7 Å². The molecule has 0 bridgehead atoms.